The van der Waals surface area contributed by atoms with Crippen molar-refractivity contribution in [2.24, 2.45) is 12.8 Å². The van der Waals surface area contributed by atoms with Crippen molar-refractivity contribution in [1.29, 1.82) is 0 Å². The second-order valence-corrected chi connectivity index (χ2v) is 3.65. The van der Waals surface area contributed by atoms with Crippen LogP contribution in [0.1, 0.15) is 24.8 Å². The normalized spacial score (nSPS) is 22.9. The molecule has 1 unspecified atom stereocenters. The molecule has 0 fully saturated rings. The summed E-state index contributed by atoms with van der Waals surface area (Å²) < 4.78 is 1.83. The number of aryl methyl sites for hydroxylation is 1. The Hall–Kier alpha value is -1.09. The standard InChI is InChI=1S/C10H15N3/c1-13-7-9(6-12-13)8-3-2-4-10(11)5-8/h5-7,10H,2-4,11H2,1H3. The van der Waals surface area contributed by atoms with E-state index >= 15 is 0 Å². The number of hydrogen-bond donors (Lipinski definition) is 1. The van der Waals surface area contributed by atoms with Gasteiger partial charge in [0, 0.05) is 24.8 Å². The van der Waals surface area contributed by atoms with E-state index in [1.54, 1.807) is 0 Å². The molecule has 0 bridgehead atoms. The lowest BCUT2D eigenvalue weighted by Crippen LogP contribution is -2.19. The Morgan fingerprint density at radius 3 is 3.08 bits per heavy atom. The number of aromatic nitrogens is 2. The fourth-order valence-corrected chi connectivity index (χ4v) is 1.78. The molecule has 1 aliphatic carbocycles. The minimum atomic E-state index is 0.240. The predicted octanol–water partition coefficient (Wildman–Crippen LogP) is 1.31. The highest BCUT2D eigenvalue weighted by Gasteiger charge is 2.11. The molecule has 13 heavy (non-hydrogen) atoms. The van der Waals surface area contributed by atoms with E-state index in [1.807, 2.05) is 24.1 Å². The Balaban J connectivity index is 2.25. The lowest BCUT2D eigenvalue weighted by atomic mass is 9.93. The van der Waals surface area contributed by atoms with Crippen LogP contribution in [0.25, 0.3) is 5.57 Å². The van der Waals surface area contributed by atoms with Crippen LogP contribution in [0.4, 0.5) is 0 Å². The predicted molar refractivity (Wildman–Crippen MR) is 53.0 cm³/mol. The summed E-state index contributed by atoms with van der Waals surface area (Å²) >= 11 is 0. The Labute approximate surface area is 78.2 Å². The van der Waals surface area contributed by atoms with Gasteiger partial charge in [0.1, 0.15) is 0 Å². The molecule has 1 aromatic heterocycles. The zero-order valence-electron chi connectivity index (χ0n) is 7.90. The van der Waals surface area contributed by atoms with Crippen molar-refractivity contribution in [1.82, 2.24) is 9.78 Å². The minimum Gasteiger partial charge on any atom is -0.324 e. The van der Waals surface area contributed by atoms with Crippen molar-refractivity contribution >= 4 is 5.57 Å². The molecule has 2 N–H and O–H groups in total. The average Bonchev–Trinajstić information content (AvgIpc) is 2.52. The van der Waals surface area contributed by atoms with Gasteiger partial charge in [-0.05, 0) is 24.8 Å². The van der Waals surface area contributed by atoms with Crippen LogP contribution in [0, 0.1) is 0 Å². The minimum absolute atomic E-state index is 0.240. The Morgan fingerprint density at radius 1 is 1.62 bits per heavy atom. The smallest absolute Gasteiger partial charge is 0.0564 e. The van der Waals surface area contributed by atoms with E-state index in [0.717, 1.165) is 12.8 Å². The highest BCUT2D eigenvalue weighted by molar-refractivity contribution is 5.65. The largest absolute Gasteiger partial charge is 0.324 e. The fourth-order valence-electron chi connectivity index (χ4n) is 1.78. The average molecular weight is 177 g/mol. The van der Waals surface area contributed by atoms with Gasteiger partial charge in [-0.2, -0.15) is 5.10 Å². The van der Waals surface area contributed by atoms with Gasteiger partial charge >= 0.3 is 0 Å². The molecule has 0 saturated carbocycles. The van der Waals surface area contributed by atoms with Crippen molar-refractivity contribution in [3.8, 4) is 0 Å². The molecule has 1 aliphatic rings. The maximum atomic E-state index is 5.87. The third-order valence-electron chi connectivity index (χ3n) is 2.47. The summed E-state index contributed by atoms with van der Waals surface area (Å²) in [5, 5.41) is 4.15. The number of nitrogens with two attached hydrogens (primary N) is 1. The van der Waals surface area contributed by atoms with Gasteiger partial charge in [-0.3, -0.25) is 4.68 Å². The fraction of sp³-hybridized carbons (Fsp3) is 0.500. The van der Waals surface area contributed by atoms with Crippen molar-refractivity contribution in [2.75, 3.05) is 0 Å². The molecule has 2 rings (SSSR count). The van der Waals surface area contributed by atoms with Crippen LogP contribution in [-0.2, 0) is 7.05 Å². The summed E-state index contributed by atoms with van der Waals surface area (Å²) in [7, 11) is 1.94. The molecule has 0 spiro atoms. The van der Waals surface area contributed by atoms with E-state index < -0.39 is 0 Å². The number of allylic oxidation sites excluding steroid dienone is 1. The maximum absolute atomic E-state index is 5.87. The molecular formula is C10H15N3. The topological polar surface area (TPSA) is 43.8 Å². The van der Waals surface area contributed by atoms with Crippen LogP contribution in [0.2, 0.25) is 0 Å². The lowest BCUT2D eigenvalue weighted by molar-refractivity contribution is 0.654. The van der Waals surface area contributed by atoms with Gasteiger partial charge in [0.15, 0.2) is 0 Å². The molecule has 1 atom stereocenters. The van der Waals surface area contributed by atoms with Gasteiger partial charge in [0.25, 0.3) is 0 Å². The van der Waals surface area contributed by atoms with Crippen molar-refractivity contribution in [3.63, 3.8) is 0 Å². The SMILES string of the molecule is Cn1cc(C2=CC(N)CCC2)cn1. The second-order valence-electron chi connectivity index (χ2n) is 3.65. The van der Waals surface area contributed by atoms with Crippen molar-refractivity contribution in [2.45, 2.75) is 25.3 Å². The third kappa shape index (κ3) is 1.80. The second kappa shape index (κ2) is 3.34. The molecule has 0 radical (unpaired) electrons. The first kappa shape index (κ1) is 8.51. The Morgan fingerprint density at radius 2 is 2.46 bits per heavy atom. The molecule has 1 aromatic rings. The van der Waals surface area contributed by atoms with E-state index in [4.69, 9.17) is 5.73 Å². The zero-order valence-corrected chi connectivity index (χ0v) is 7.90. The van der Waals surface area contributed by atoms with E-state index in [-0.39, 0.29) is 6.04 Å². The van der Waals surface area contributed by atoms with Crippen molar-refractivity contribution in [3.05, 3.63) is 24.0 Å². The van der Waals surface area contributed by atoms with E-state index in [9.17, 15) is 0 Å². The first-order valence-corrected chi connectivity index (χ1v) is 4.71. The Bertz CT molecular complexity index is 325. The monoisotopic (exact) mass is 177 g/mol. The van der Waals surface area contributed by atoms with Gasteiger partial charge in [-0.15, -0.1) is 0 Å². The molecular weight excluding hydrogens is 162 g/mol. The number of hydrogen-bond acceptors (Lipinski definition) is 2. The number of nitrogens with zero attached hydrogens (tertiary/aromatic N) is 2. The zero-order chi connectivity index (χ0) is 9.26. The van der Waals surface area contributed by atoms with Crippen molar-refractivity contribution < 1.29 is 0 Å². The summed E-state index contributed by atoms with van der Waals surface area (Å²) in [6.45, 7) is 0. The quantitative estimate of drug-likeness (QED) is 0.703. The summed E-state index contributed by atoms with van der Waals surface area (Å²) in [5.74, 6) is 0. The molecule has 0 aromatic carbocycles. The van der Waals surface area contributed by atoms with Gasteiger partial charge in [-0.25, -0.2) is 0 Å². The van der Waals surface area contributed by atoms with E-state index in [1.165, 1.54) is 17.6 Å². The molecule has 3 heteroatoms. The first-order valence-electron chi connectivity index (χ1n) is 4.71. The summed E-state index contributed by atoms with van der Waals surface area (Å²) in [4.78, 5) is 0. The molecule has 0 saturated heterocycles. The molecule has 0 amide bonds. The number of rotatable bonds is 1. The summed E-state index contributed by atoms with van der Waals surface area (Å²) in [5.41, 5.74) is 8.44. The van der Waals surface area contributed by atoms with Crippen LogP contribution in [0.5, 0.6) is 0 Å². The van der Waals surface area contributed by atoms with E-state index in [0.29, 0.717) is 0 Å². The van der Waals surface area contributed by atoms with Crippen LogP contribution in [0.15, 0.2) is 18.5 Å². The van der Waals surface area contributed by atoms with Gasteiger partial charge in [-0.1, -0.05) is 6.08 Å². The Kier molecular flexibility index (Phi) is 2.19. The van der Waals surface area contributed by atoms with Gasteiger partial charge < -0.3 is 5.73 Å². The van der Waals surface area contributed by atoms with Crippen LogP contribution >= 0.6 is 0 Å². The van der Waals surface area contributed by atoms with E-state index in [2.05, 4.69) is 11.2 Å². The lowest BCUT2D eigenvalue weighted by Gasteiger charge is -2.16. The highest BCUT2D eigenvalue weighted by Crippen LogP contribution is 2.25. The van der Waals surface area contributed by atoms with Gasteiger partial charge in [0.2, 0.25) is 0 Å². The molecule has 0 aliphatic heterocycles. The highest BCUT2D eigenvalue weighted by atomic mass is 15.2. The van der Waals surface area contributed by atoms with Crippen LogP contribution < -0.4 is 5.73 Å². The maximum Gasteiger partial charge on any atom is 0.0564 e. The summed E-state index contributed by atoms with van der Waals surface area (Å²) in [6, 6.07) is 0.240. The molecule has 3 nitrogen and oxygen atoms in total. The summed E-state index contributed by atoms with van der Waals surface area (Å²) in [6.07, 6.45) is 9.57. The third-order valence-corrected chi connectivity index (χ3v) is 2.47. The van der Waals surface area contributed by atoms with Crippen LogP contribution in [0.3, 0.4) is 0 Å². The van der Waals surface area contributed by atoms with Crippen LogP contribution in [-0.4, -0.2) is 15.8 Å². The molecule has 1 heterocycles. The first-order chi connectivity index (χ1) is 6.25. The van der Waals surface area contributed by atoms with Gasteiger partial charge in [0.05, 0.1) is 6.20 Å². The molecule has 70 valence electrons.